The highest BCUT2D eigenvalue weighted by molar-refractivity contribution is 9.10. The molecule has 0 aliphatic heterocycles. The monoisotopic (exact) mass is 586 g/mol. The van der Waals surface area contributed by atoms with Crippen LogP contribution in [-0.2, 0) is 22.6 Å². The third kappa shape index (κ3) is 8.51. The molecule has 1 N–H and O–H groups in total. The van der Waals surface area contributed by atoms with E-state index in [0.29, 0.717) is 27.4 Å². The quantitative estimate of drug-likeness (QED) is 0.280. The number of carbonyl (C=O) groups excluding carboxylic acids is 2. The average molecular weight is 588 g/mol. The summed E-state index contributed by atoms with van der Waals surface area (Å²) in [7, 11) is 1.59. The van der Waals surface area contributed by atoms with E-state index in [1.54, 1.807) is 30.2 Å². The Bertz CT molecular complexity index is 1190. The van der Waals surface area contributed by atoms with Crippen LogP contribution in [0.5, 0.6) is 11.5 Å². The normalized spacial score (nSPS) is 12.4. The number of amides is 2. The number of ether oxygens (including phenoxy) is 2. The van der Waals surface area contributed by atoms with Crippen molar-refractivity contribution in [3.63, 3.8) is 0 Å². The first-order valence-electron chi connectivity index (χ1n) is 12.1. The molecule has 3 rings (SSSR count). The third-order valence-electron chi connectivity index (χ3n) is 6.00. The van der Waals surface area contributed by atoms with E-state index in [1.165, 1.54) is 0 Å². The van der Waals surface area contributed by atoms with Crippen molar-refractivity contribution in [2.24, 2.45) is 0 Å². The molecule has 0 heterocycles. The van der Waals surface area contributed by atoms with Crippen LogP contribution in [0.25, 0.3) is 0 Å². The van der Waals surface area contributed by atoms with Crippen LogP contribution in [-0.4, -0.2) is 42.5 Å². The number of hydrogen-bond donors (Lipinski definition) is 1. The van der Waals surface area contributed by atoms with Crippen molar-refractivity contribution in [1.82, 2.24) is 10.2 Å². The third-order valence-corrected chi connectivity index (χ3v) is 6.86. The second-order valence-corrected chi connectivity index (χ2v) is 10.1. The van der Waals surface area contributed by atoms with E-state index in [2.05, 4.69) is 21.2 Å². The summed E-state index contributed by atoms with van der Waals surface area (Å²) in [6.45, 7) is 3.93. The summed E-state index contributed by atoms with van der Waals surface area (Å²) in [4.78, 5) is 28.8. The first kappa shape index (κ1) is 28.5. The molecule has 196 valence electrons. The molecule has 8 heteroatoms. The zero-order valence-corrected chi connectivity index (χ0v) is 23.6. The highest BCUT2D eigenvalue weighted by Gasteiger charge is 2.31. The van der Waals surface area contributed by atoms with Crippen molar-refractivity contribution in [3.05, 3.63) is 93.4 Å². The molecule has 0 spiro atoms. The van der Waals surface area contributed by atoms with E-state index in [4.69, 9.17) is 21.1 Å². The number of nitrogens with zero attached hydrogens (tertiary/aromatic N) is 1. The minimum atomic E-state index is -0.743. The van der Waals surface area contributed by atoms with Crippen LogP contribution in [0.1, 0.15) is 31.4 Å². The van der Waals surface area contributed by atoms with Gasteiger partial charge in [-0.25, -0.2) is 0 Å². The number of carbonyl (C=O) groups is 2. The number of halogens is 2. The fourth-order valence-electron chi connectivity index (χ4n) is 3.78. The minimum Gasteiger partial charge on any atom is -0.497 e. The summed E-state index contributed by atoms with van der Waals surface area (Å²) in [6, 6.07) is 21.5. The summed E-state index contributed by atoms with van der Waals surface area (Å²) in [5, 5.41) is 3.61. The van der Waals surface area contributed by atoms with Gasteiger partial charge in [-0.2, -0.15) is 0 Å². The van der Waals surface area contributed by atoms with E-state index < -0.39 is 6.04 Å². The van der Waals surface area contributed by atoms with E-state index in [9.17, 15) is 9.59 Å². The lowest BCUT2D eigenvalue weighted by atomic mass is 10.0. The van der Waals surface area contributed by atoms with E-state index in [1.807, 2.05) is 68.4 Å². The van der Waals surface area contributed by atoms with Gasteiger partial charge in [0, 0.05) is 24.0 Å². The molecular formula is C29H32BrClN2O4. The molecular weight excluding hydrogens is 556 g/mol. The molecule has 37 heavy (non-hydrogen) atoms. The molecule has 3 aromatic carbocycles. The van der Waals surface area contributed by atoms with Gasteiger partial charge < -0.3 is 19.7 Å². The Hall–Kier alpha value is -3.03. The van der Waals surface area contributed by atoms with Gasteiger partial charge in [-0.1, -0.05) is 61.0 Å². The molecule has 0 aliphatic rings. The van der Waals surface area contributed by atoms with Crippen LogP contribution < -0.4 is 14.8 Å². The SMILES string of the molecule is CC[C@@H](C)NC(=O)[C@H](Cc1ccccc1)N(Cc1cccc(OC)c1)C(=O)COc1ccc(Cl)cc1Br. The highest BCUT2D eigenvalue weighted by atomic mass is 79.9. The maximum Gasteiger partial charge on any atom is 0.261 e. The maximum atomic E-state index is 13.7. The Morgan fingerprint density at radius 1 is 1.03 bits per heavy atom. The second kappa shape index (κ2) is 14.1. The number of nitrogens with one attached hydrogen (secondary N) is 1. The lowest BCUT2D eigenvalue weighted by Gasteiger charge is -2.32. The van der Waals surface area contributed by atoms with Gasteiger partial charge in [-0.05, 0) is 70.7 Å². The Kier molecular flexibility index (Phi) is 10.8. The molecule has 2 atom stereocenters. The number of hydrogen-bond acceptors (Lipinski definition) is 4. The maximum absolute atomic E-state index is 13.7. The van der Waals surface area contributed by atoms with Crippen molar-refractivity contribution >= 4 is 39.3 Å². The molecule has 0 aliphatic carbocycles. The molecule has 3 aromatic rings. The van der Waals surface area contributed by atoms with Crippen LogP contribution in [0.4, 0.5) is 0 Å². The van der Waals surface area contributed by atoms with Gasteiger partial charge in [0.2, 0.25) is 5.91 Å². The van der Waals surface area contributed by atoms with Crippen molar-refractivity contribution in [2.75, 3.05) is 13.7 Å². The zero-order chi connectivity index (χ0) is 26.8. The Morgan fingerprint density at radius 2 is 1.76 bits per heavy atom. The Balaban J connectivity index is 1.94. The van der Waals surface area contributed by atoms with Crippen LogP contribution in [0.2, 0.25) is 5.02 Å². The van der Waals surface area contributed by atoms with Crippen LogP contribution in [0, 0.1) is 0 Å². The zero-order valence-electron chi connectivity index (χ0n) is 21.2. The standard InChI is InChI=1S/C29H32BrClN2O4/c1-4-20(2)32-29(35)26(16-21-9-6-5-7-10-21)33(18-22-11-8-12-24(15-22)36-3)28(34)19-37-27-14-13-23(31)17-25(27)30/h5-15,17,20,26H,4,16,18-19H2,1-3H3,(H,32,35)/t20-,26+/m1/s1. The predicted molar refractivity (Wildman–Crippen MR) is 150 cm³/mol. The van der Waals surface area contributed by atoms with E-state index >= 15 is 0 Å². The van der Waals surface area contributed by atoms with Gasteiger partial charge >= 0.3 is 0 Å². The molecule has 0 saturated carbocycles. The smallest absolute Gasteiger partial charge is 0.261 e. The first-order valence-corrected chi connectivity index (χ1v) is 13.3. The van der Waals surface area contributed by atoms with Gasteiger partial charge in [0.05, 0.1) is 11.6 Å². The average Bonchev–Trinajstić information content (AvgIpc) is 2.90. The van der Waals surface area contributed by atoms with E-state index in [-0.39, 0.29) is 31.0 Å². The molecule has 0 saturated heterocycles. The summed E-state index contributed by atoms with van der Waals surface area (Å²) in [5.41, 5.74) is 1.80. The molecule has 0 bridgehead atoms. The van der Waals surface area contributed by atoms with Gasteiger partial charge in [-0.3, -0.25) is 9.59 Å². The van der Waals surface area contributed by atoms with Crippen LogP contribution in [0.3, 0.4) is 0 Å². The Morgan fingerprint density at radius 3 is 2.43 bits per heavy atom. The van der Waals surface area contributed by atoms with Gasteiger partial charge in [-0.15, -0.1) is 0 Å². The predicted octanol–water partition coefficient (Wildman–Crippen LogP) is 6.04. The van der Waals surface area contributed by atoms with Crippen molar-refractivity contribution in [3.8, 4) is 11.5 Å². The van der Waals surface area contributed by atoms with Crippen molar-refractivity contribution in [2.45, 2.75) is 45.3 Å². The molecule has 2 amide bonds. The molecule has 6 nitrogen and oxygen atoms in total. The summed E-state index contributed by atoms with van der Waals surface area (Å²) >= 11 is 9.46. The second-order valence-electron chi connectivity index (χ2n) is 8.76. The molecule has 0 radical (unpaired) electrons. The summed E-state index contributed by atoms with van der Waals surface area (Å²) in [6.07, 6.45) is 1.14. The van der Waals surface area contributed by atoms with Crippen molar-refractivity contribution < 1.29 is 19.1 Å². The lowest BCUT2D eigenvalue weighted by Crippen LogP contribution is -2.53. The lowest BCUT2D eigenvalue weighted by molar-refractivity contribution is -0.143. The Labute approximate surface area is 232 Å². The molecule has 0 unspecified atom stereocenters. The molecule has 0 aromatic heterocycles. The highest BCUT2D eigenvalue weighted by Crippen LogP contribution is 2.28. The summed E-state index contributed by atoms with van der Waals surface area (Å²) in [5.74, 6) is 0.643. The topological polar surface area (TPSA) is 67.9 Å². The van der Waals surface area contributed by atoms with Gasteiger partial charge in [0.1, 0.15) is 17.5 Å². The molecule has 0 fully saturated rings. The van der Waals surface area contributed by atoms with Crippen LogP contribution in [0.15, 0.2) is 77.3 Å². The fraction of sp³-hybridized carbons (Fsp3) is 0.310. The minimum absolute atomic E-state index is 0.0270. The van der Waals surface area contributed by atoms with Crippen LogP contribution >= 0.6 is 27.5 Å². The van der Waals surface area contributed by atoms with Gasteiger partial charge in [0.15, 0.2) is 6.61 Å². The number of methoxy groups -OCH3 is 1. The van der Waals surface area contributed by atoms with Crippen molar-refractivity contribution in [1.29, 1.82) is 0 Å². The fourth-order valence-corrected chi connectivity index (χ4v) is 4.57. The largest absolute Gasteiger partial charge is 0.497 e. The van der Waals surface area contributed by atoms with Gasteiger partial charge in [0.25, 0.3) is 5.91 Å². The first-order chi connectivity index (χ1) is 17.8. The summed E-state index contributed by atoms with van der Waals surface area (Å²) < 4.78 is 11.9. The number of benzene rings is 3. The van der Waals surface area contributed by atoms with E-state index in [0.717, 1.165) is 17.5 Å². The number of rotatable bonds is 12.